The van der Waals surface area contributed by atoms with Crippen LogP contribution in [0.3, 0.4) is 0 Å². The zero-order valence-electron chi connectivity index (χ0n) is 14.8. The van der Waals surface area contributed by atoms with Crippen LogP contribution in [0.5, 0.6) is 11.5 Å². The maximum Gasteiger partial charge on any atom is 0.268 e. The molecule has 8 heteroatoms. The fraction of sp³-hybridized carbons (Fsp3) is 0.211. The van der Waals surface area contributed by atoms with Crippen LogP contribution < -0.4 is 18.9 Å². The summed E-state index contributed by atoms with van der Waals surface area (Å²) in [5, 5.41) is 10.7. The average molecular weight is 388 g/mol. The summed E-state index contributed by atoms with van der Waals surface area (Å²) in [5.41, 5.74) is 1.90. The van der Waals surface area contributed by atoms with Gasteiger partial charge in [-0.05, 0) is 41.8 Å². The van der Waals surface area contributed by atoms with E-state index in [0.29, 0.717) is 24.2 Å². The molecule has 0 unspecified atom stereocenters. The van der Waals surface area contributed by atoms with Crippen molar-refractivity contribution in [3.05, 3.63) is 53.6 Å². The maximum absolute atomic E-state index is 13.4. The van der Waals surface area contributed by atoms with Crippen molar-refractivity contribution in [1.29, 1.82) is 0 Å². The highest BCUT2D eigenvalue weighted by molar-refractivity contribution is 7.93. The summed E-state index contributed by atoms with van der Waals surface area (Å²) in [7, 11) is -1.22. The lowest BCUT2D eigenvalue weighted by Gasteiger charge is -2.22. The highest BCUT2D eigenvalue weighted by atomic mass is 32.2. The number of carbonyl (C=O) groups is 1. The molecule has 0 saturated carbocycles. The molecule has 7 nitrogen and oxygen atoms in total. The molecule has 0 fully saturated rings. The van der Waals surface area contributed by atoms with Gasteiger partial charge < -0.3 is 19.4 Å². The first-order valence-electron chi connectivity index (χ1n) is 8.14. The van der Waals surface area contributed by atoms with E-state index in [-0.39, 0.29) is 16.4 Å². The summed E-state index contributed by atoms with van der Waals surface area (Å²) in [6.07, 6.45) is 2.68. The number of para-hydroxylation sites is 1. The van der Waals surface area contributed by atoms with E-state index in [9.17, 15) is 18.3 Å². The molecule has 0 spiro atoms. The van der Waals surface area contributed by atoms with Crippen LogP contribution >= 0.6 is 0 Å². The summed E-state index contributed by atoms with van der Waals surface area (Å²) < 4.78 is 38.6. The first kappa shape index (κ1) is 18.8. The predicted molar refractivity (Wildman–Crippen MR) is 98.3 cm³/mol. The number of hydrogen-bond acceptors (Lipinski definition) is 6. The third kappa shape index (κ3) is 3.48. The lowest BCUT2D eigenvalue weighted by atomic mass is 10.2. The van der Waals surface area contributed by atoms with Crippen molar-refractivity contribution in [1.82, 2.24) is 0 Å². The molecular weight excluding hydrogens is 370 g/mol. The molecule has 0 saturated heterocycles. The van der Waals surface area contributed by atoms with Crippen molar-refractivity contribution < 1.29 is 27.8 Å². The van der Waals surface area contributed by atoms with Crippen molar-refractivity contribution >= 4 is 27.8 Å². The van der Waals surface area contributed by atoms with Gasteiger partial charge in [-0.1, -0.05) is 24.3 Å². The van der Waals surface area contributed by atoms with Crippen molar-refractivity contribution in [3.63, 3.8) is 0 Å². The Morgan fingerprint density at radius 3 is 2.59 bits per heavy atom. The molecule has 1 aliphatic heterocycles. The Labute approximate surface area is 157 Å². The van der Waals surface area contributed by atoms with Crippen molar-refractivity contribution in [2.75, 3.05) is 25.1 Å². The number of rotatable bonds is 6. The van der Waals surface area contributed by atoms with Gasteiger partial charge in [-0.25, -0.2) is 8.42 Å². The van der Waals surface area contributed by atoms with E-state index in [0.717, 1.165) is 11.6 Å². The topological polar surface area (TPSA) is 96.0 Å². The Balaban J connectivity index is 2.17. The normalized spacial score (nSPS) is 13.6. The quantitative estimate of drug-likeness (QED) is 0.691. The molecule has 2 aromatic carbocycles. The Kier molecular flexibility index (Phi) is 5.09. The number of sulfonamides is 1. The second kappa shape index (κ2) is 7.32. The Bertz CT molecular complexity index is 1010. The van der Waals surface area contributed by atoms with Gasteiger partial charge in [-0.2, -0.15) is 0 Å². The predicted octanol–water partition coefficient (Wildman–Crippen LogP) is 1.22. The van der Waals surface area contributed by atoms with E-state index >= 15 is 0 Å². The molecule has 3 rings (SSSR count). The van der Waals surface area contributed by atoms with Gasteiger partial charge in [-0.15, -0.1) is 0 Å². The molecule has 0 radical (unpaired) electrons. The molecule has 0 aliphatic carbocycles. The zero-order valence-corrected chi connectivity index (χ0v) is 15.7. The summed E-state index contributed by atoms with van der Waals surface area (Å²) in [5.74, 6) is -1.14. The van der Waals surface area contributed by atoms with Crippen LogP contribution in [-0.4, -0.2) is 35.2 Å². The lowest BCUT2D eigenvalue weighted by molar-refractivity contribution is -0.297. The second-order valence-corrected chi connectivity index (χ2v) is 7.69. The fourth-order valence-electron chi connectivity index (χ4n) is 3.08. The third-order valence-electron chi connectivity index (χ3n) is 4.29. The smallest absolute Gasteiger partial charge is 0.268 e. The Hall–Kier alpha value is -3.00. The first-order valence-corrected chi connectivity index (χ1v) is 9.58. The summed E-state index contributed by atoms with van der Waals surface area (Å²) in [6, 6.07) is 10.1. The van der Waals surface area contributed by atoms with Crippen LogP contribution in [0.25, 0.3) is 6.08 Å². The monoisotopic (exact) mass is 388 g/mol. The number of methoxy groups -OCH3 is 2. The van der Waals surface area contributed by atoms with Crippen molar-refractivity contribution in [3.8, 4) is 11.5 Å². The molecule has 2 aromatic rings. The van der Waals surface area contributed by atoms with Crippen LogP contribution in [0.4, 0.5) is 5.69 Å². The SMILES string of the molecule is COc1cc(C=CC(=O)[O-])cc(S(=O)(=O)N2CCc3ccccc32)c1OC. The molecule has 1 heterocycles. The minimum atomic E-state index is -3.96. The van der Waals surface area contributed by atoms with Crippen LogP contribution in [0.1, 0.15) is 11.1 Å². The van der Waals surface area contributed by atoms with Gasteiger partial charge in [0.25, 0.3) is 10.0 Å². The van der Waals surface area contributed by atoms with Gasteiger partial charge in [0.2, 0.25) is 0 Å². The molecular formula is C19H18NO6S-. The van der Waals surface area contributed by atoms with E-state index < -0.39 is 16.0 Å². The van der Waals surface area contributed by atoms with E-state index in [1.165, 1.54) is 36.7 Å². The number of carboxylic acids is 1. The maximum atomic E-state index is 13.4. The molecule has 27 heavy (non-hydrogen) atoms. The third-order valence-corrected chi connectivity index (χ3v) is 6.11. The van der Waals surface area contributed by atoms with Crippen molar-refractivity contribution in [2.45, 2.75) is 11.3 Å². The highest BCUT2D eigenvalue weighted by Gasteiger charge is 2.34. The van der Waals surface area contributed by atoms with Crippen LogP contribution in [0.2, 0.25) is 0 Å². The number of aliphatic carboxylic acids is 1. The fourth-order valence-corrected chi connectivity index (χ4v) is 4.79. The average Bonchev–Trinajstić information content (AvgIpc) is 3.10. The molecule has 0 bridgehead atoms. The number of anilines is 1. The zero-order chi connectivity index (χ0) is 19.6. The van der Waals surface area contributed by atoms with Crippen molar-refractivity contribution in [2.24, 2.45) is 0 Å². The molecule has 0 aromatic heterocycles. The van der Waals surface area contributed by atoms with Gasteiger partial charge in [0.05, 0.1) is 25.9 Å². The Morgan fingerprint density at radius 1 is 1.19 bits per heavy atom. The standard InChI is InChI=1S/C19H19NO6S/c1-25-16-11-13(7-8-18(21)22)12-17(19(16)26-2)27(23,24)20-10-9-14-5-3-4-6-15(14)20/h3-8,11-12H,9-10H2,1-2H3,(H,21,22)/p-1. The van der Waals surface area contributed by atoms with Crippen LogP contribution in [0, 0.1) is 0 Å². The van der Waals surface area contributed by atoms with Gasteiger partial charge in [-0.3, -0.25) is 4.31 Å². The minimum Gasteiger partial charge on any atom is -0.545 e. The molecule has 0 atom stereocenters. The highest BCUT2D eigenvalue weighted by Crippen LogP contribution is 2.40. The van der Waals surface area contributed by atoms with Crippen LogP contribution in [0.15, 0.2) is 47.4 Å². The molecule has 0 amide bonds. The van der Waals surface area contributed by atoms with Gasteiger partial charge in [0.15, 0.2) is 11.5 Å². The summed E-state index contributed by atoms with van der Waals surface area (Å²) in [4.78, 5) is 10.6. The van der Waals surface area contributed by atoms with Gasteiger partial charge >= 0.3 is 0 Å². The number of nitrogens with zero attached hydrogens (tertiary/aromatic N) is 1. The molecule has 142 valence electrons. The largest absolute Gasteiger partial charge is 0.545 e. The second-order valence-electron chi connectivity index (χ2n) is 5.86. The van der Waals surface area contributed by atoms with Gasteiger partial charge in [0.1, 0.15) is 4.90 Å². The Morgan fingerprint density at radius 2 is 1.93 bits per heavy atom. The number of fused-ring (bicyclic) bond motifs is 1. The van der Waals surface area contributed by atoms with E-state index in [4.69, 9.17) is 9.47 Å². The van der Waals surface area contributed by atoms with Gasteiger partial charge in [0, 0.05) is 6.54 Å². The molecule has 1 aliphatic rings. The molecule has 0 N–H and O–H groups in total. The number of hydrogen-bond donors (Lipinski definition) is 0. The number of ether oxygens (including phenoxy) is 2. The van der Waals surface area contributed by atoms with Crippen LogP contribution in [-0.2, 0) is 21.2 Å². The number of carbonyl (C=O) groups excluding carboxylic acids is 1. The summed E-state index contributed by atoms with van der Waals surface area (Å²) in [6.45, 7) is 0.312. The number of carboxylic acid groups (broad SMARTS) is 1. The van der Waals surface area contributed by atoms with E-state index in [1.54, 1.807) is 12.1 Å². The van der Waals surface area contributed by atoms with E-state index in [1.807, 2.05) is 12.1 Å². The van der Waals surface area contributed by atoms with E-state index in [2.05, 4.69) is 0 Å². The summed E-state index contributed by atoms with van der Waals surface area (Å²) >= 11 is 0. The first-order chi connectivity index (χ1) is 12.9. The lowest BCUT2D eigenvalue weighted by Crippen LogP contribution is -2.29. The number of benzene rings is 2. The minimum absolute atomic E-state index is 0.0625.